The summed E-state index contributed by atoms with van der Waals surface area (Å²) in [7, 11) is -7.09. The first kappa shape index (κ1) is 68.9. The highest BCUT2D eigenvalue weighted by atomic mass is 35.5. The molecule has 76 heavy (non-hydrogen) atoms. The van der Waals surface area contributed by atoms with Crippen LogP contribution in [-0.4, -0.2) is 101 Å². The van der Waals surface area contributed by atoms with Gasteiger partial charge in [0.2, 0.25) is 25.9 Å². The fraction of sp³-hybridized carbons (Fsp3) is 0.408. The van der Waals surface area contributed by atoms with E-state index in [-0.39, 0.29) is 47.8 Å². The second-order valence-electron chi connectivity index (χ2n) is 15.8. The molecule has 0 bridgehead atoms. The molecule has 0 heterocycles. The number of nitrogens with two attached hydrogens (primary N) is 1. The fourth-order valence-corrected chi connectivity index (χ4v) is 6.72. The lowest BCUT2D eigenvalue weighted by molar-refractivity contribution is -0.387. The number of nitrogens with one attached hydrogen (secondary N) is 2. The summed E-state index contributed by atoms with van der Waals surface area (Å²) < 4.78 is 120. The number of rotatable bonds is 18. The molecule has 422 valence electrons. The van der Waals surface area contributed by atoms with Gasteiger partial charge in [-0.1, -0.05) is 24.3 Å². The van der Waals surface area contributed by atoms with E-state index in [1.165, 1.54) is 49.4 Å². The lowest BCUT2D eigenvalue weighted by Crippen LogP contribution is -2.14. The number of ether oxygens (including phenoxy) is 4. The fourth-order valence-electron chi connectivity index (χ4n) is 5.53. The van der Waals surface area contributed by atoms with Gasteiger partial charge in [0.25, 0.3) is 0 Å². The molecule has 0 amide bonds. The Kier molecular flexibility index (Phi) is 30.0. The summed E-state index contributed by atoms with van der Waals surface area (Å²) in [6, 6.07) is 15.2. The maximum absolute atomic E-state index is 13.7. The molecule has 0 saturated carbocycles. The monoisotopic (exact) mass is 1140 g/mol. The largest absolute Gasteiger partial charge is 0.481 e. The third-order valence-corrected chi connectivity index (χ3v) is 11.0. The summed E-state index contributed by atoms with van der Waals surface area (Å²) in [5, 5.41) is 18.6. The first-order chi connectivity index (χ1) is 35.2. The molecule has 4 rings (SSSR count). The lowest BCUT2D eigenvalue weighted by Gasteiger charge is -2.12. The number of aliphatic carboxylic acids is 1. The molecular weight excluding hydrogens is 1080 g/mol. The number of alkyl halides is 1. The highest BCUT2D eigenvalue weighted by Gasteiger charge is 2.22. The highest BCUT2D eigenvalue weighted by molar-refractivity contribution is 7.92. The van der Waals surface area contributed by atoms with Gasteiger partial charge in [-0.05, 0) is 127 Å². The quantitative estimate of drug-likeness (QED) is 0.0137. The van der Waals surface area contributed by atoms with Crippen LogP contribution < -0.4 is 15.2 Å². The number of carbonyl (C=O) groups is 5. The summed E-state index contributed by atoms with van der Waals surface area (Å²) in [5.74, 6) is -8.31. The van der Waals surface area contributed by atoms with Crippen molar-refractivity contribution in [1.29, 1.82) is 0 Å². The van der Waals surface area contributed by atoms with Crippen molar-refractivity contribution in [2.24, 2.45) is 0 Å². The Balaban J connectivity index is 0.000000944. The number of nitrogen functional groups attached to an aromatic ring is 1. The van der Waals surface area contributed by atoms with E-state index in [9.17, 15) is 68.5 Å². The number of carboxylic acids is 1. The zero-order valence-corrected chi connectivity index (χ0v) is 45.8. The van der Waals surface area contributed by atoms with E-state index in [2.05, 4.69) is 9.46 Å². The Morgan fingerprint density at radius 1 is 0.566 bits per heavy atom. The van der Waals surface area contributed by atoms with Gasteiger partial charge in [-0.15, -0.1) is 11.6 Å². The van der Waals surface area contributed by atoms with Crippen LogP contribution >= 0.6 is 11.6 Å². The summed E-state index contributed by atoms with van der Waals surface area (Å²) in [6.45, 7) is 15.9. The maximum atomic E-state index is 13.7. The maximum Gasteiger partial charge on any atom is 0.323 e. The Morgan fingerprint density at radius 3 is 1.13 bits per heavy atom. The molecule has 5 N–H and O–H groups in total. The number of hydrogen-bond donors (Lipinski definition) is 4. The number of carbonyl (C=O) groups excluding carboxylic acids is 4. The molecule has 0 radical (unpaired) electrons. The van der Waals surface area contributed by atoms with Crippen molar-refractivity contribution >= 4 is 84.2 Å². The molecule has 0 aromatic heterocycles. The second kappa shape index (κ2) is 33.1. The summed E-state index contributed by atoms with van der Waals surface area (Å²) in [5.41, 5.74) is 6.07. The van der Waals surface area contributed by atoms with Crippen LogP contribution in [0.5, 0.6) is 0 Å². The standard InChI is InChI=1S/C12H16FNO4S.C11H12FNO4.C11H14FNO2.C10H12FNO4S.C5H9ClO2/c1-4-18-12(15)8(2)9-5-6-11(10(13)7-9)14-19(3,16)17;1-3-17-11(14)7(2)8-4-5-10(13(15)16)9(12)6-8;1-3-15-11(14)7(2)8-4-5-10(13)9(12)6-8;1-6(10(13)14)7-3-4-9(8(11)5-7)12-17(2,15)16;1-3-8-5(7)4(2)6/h5-8,14H,4H2,1-3H3;4-7H,3H2,1-2H3;4-7H,3,13H2,1-2H3;3-6,12H,1-2H3,(H,13,14);4H,3H2,1-2H3. The molecule has 0 fully saturated rings. The Bertz CT molecular complexity index is 2840. The van der Waals surface area contributed by atoms with Gasteiger partial charge in [0.05, 0.1) is 84.6 Å². The molecule has 0 aliphatic heterocycles. The average molecular weight is 1140 g/mol. The normalized spacial score (nSPS) is 12.6. The lowest BCUT2D eigenvalue weighted by atomic mass is 10.0. The minimum atomic E-state index is -3.56. The van der Waals surface area contributed by atoms with Crippen molar-refractivity contribution in [3.8, 4) is 0 Å². The van der Waals surface area contributed by atoms with Gasteiger partial charge in [-0.3, -0.25) is 43.5 Å². The smallest absolute Gasteiger partial charge is 0.323 e. The summed E-state index contributed by atoms with van der Waals surface area (Å²) in [6.07, 6.45) is 1.84. The third kappa shape index (κ3) is 25.5. The van der Waals surface area contributed by atoms with Crippen LogP contribution in [0.25, 0.3) is 0 Å². The van der Waals surface area contributed by atoms with Gasteiger partial charge in [0.15, 0.2) is 0 Å². The van der Waals surface area contributed by atoms with Gasteiger partial charge < -0.3 is 29.8 Å². The molecule has 20 nitrogen and oxygen atoms in total. The zero-order valence-electron chi connectivity index (χ0n) is 43.4. The predicted octanol–water partition coefficient (Wildman–Crippen LogP) is 8.90. The van der Waals surface area contributed by atoms with Gasteiger partial charge in [-0.25, -0.2) is 30.0 Å². The van der Waals surface area contributed by atoms with Crippen molar-refractivity contribution in [1.82, 2.24) is 0 Å². The van der Waals surface area contributed by atoms with E-state index in [1.807, 2.05) is 4.72 Å². The van der Waals surface area contributed by atoms with E-state index in [0.717, 1.165) is 36.8 Å². The third-order valence-electron chi connectivity index (χ3n) is 9.67. The molecule has 4 aromatic rings. The van der Waals surface area contributed by atoms with E-state index < -0.39 is 101 Å². The van der Waals surface area contributed by atoms with Gasteiger partial charge >= 0.3 is 35.5 Å². The number of esters is 4. The van der Waals surface area contributed by atoms with Gasteiger partial charge in [-0.2, -0.15) is 4.39 Å². The predicted molar refractivity (Wildman–Crippen MR) is 277 cm³/mol. The Labute approximate surface area is 443 Å². The number of sulfonamides is 2. The molecule has 0 saturated heterocycles. The molecule has 0 spiro atoms. The number of nitro groups is 1. The molecule has 4 aromatic carbocycles. The van der Waals surface area contributed by atoms with Gasteiger partial charge in [0, 0.05) is 6.07 Å². The van der Waals surface area contributed by atoms with Crippen molar-refractivity contribution < 1.29 is 87.3 Å². The molecule has 5 atom stereocenters. The van der Waals surface area contributed by atoms with Crippen LogP contribution in [0, 0.1) is 33.4 Å². The van der Waals surface area contributed by atoms with Gasteiger partial charge in [0.1, 0.15) is 22.8 Å². The number of halogens is 5. The second-order valence-corrected chi connectivity index (χ2v) is 20.0. The number of nitro benzene ring substituents is 1. The van der Waals surface area contributed by atoms with E-state index in [4.69, 9.17) is 36.7 Å². The summed E-state index contributed by atoms with van der Waals surface area (Å²) >= 11 is 5.33. The highest BCUT2D eigenvalue weighted by Crippen LogP contribution is 2.26. The molecular formula is C49H63ClF4N4O16S2. The van der Waals surface area contributed by atoms with Crippen molar-refractivity contribution in [3.63, 3.8) is 0 Å². The first-order valence-electron chi connectivity index (χ1n) is 22.7. The Morgan fingerprint density at radius 2 is 0.868 bits per heavy atom. The van der Waals surface area contributed by atoms with Crippen LogP contribution in [0.4, 0.5) is 40.3 Å². The number of carboxylic acid groups (broad SMARTS) is 1. The van der Waals surface area contributed by atoms with Crippen LogP contribution in [-0.2, 0) is 63.0 Å². The average Bonchev–Trinajstić information content (AvgIpc) is 3.32. The van der Waals surface area contributed by atoms with Crippen molar-refractivity contribution in [2.45, 2.75) is 91.4 Å². The number of hydrogen-bond acceptors (Lipinski definition) is 16. The van der Waals surface area contributed by atoms with Crippen LogP contribution in [0.2, 0.25) is 0 Å². The van der Waals surface area contributed by atoms with Crippen molar-refractivity contribution in [2.75, 3.05) is 54.1 Å². The Hall–Kier alpha value is -7.06. The first-order valence-corrected chi connectivity index (χ1v) is 26.9. The van der Waals surface area contributed by atoms with Crippen LogP contribution in [0.1, 0.15) is 108 Å². The minimum absolute atomic E-state index is 0.0785. The molecule has 0 aliphatic carbocycles. The van der Waals surface area contributed by atoms with Crippen LogP contribution in [0.3, 0.4) is 0 Å². The zero-order chi connectivity index (χ0) is 58.8. The number of benzene rings is 4. The summed E-state index contributed by atoms with van der Waals surface area (Å²) in [4.78, 5) is 65.0. The van der Waals surface area contributed by atoms with Crippen molar-refractivity contribution in [3.05, 3.63) is 128 Å². The van der Waals surface area contributed by atoms with E-state index in [0.29, 0.717) is 29.9 Å². The topological polar surface area (TPSA) is 304 Å². The minimum Gasteiger partial charge on any atom is -0.481 e. The molecule has 0 aliphatic rings. The molecule has 27 heteroatoms. The number of anilines is 3. The molecule has 5 unspecified atom stereocenters. The number of nitrogens with zero attached hydrogens (tertiary/aromatic N) is 1. The van der Waals surface area contributed by atoms with E-state index in [1.54, 1.807) is 61.5 Å². The van der Waals surface area contributed by atoms with E-state index >= 15 is 0 Å². The van der Waals surface area contributed by atoms with Crippen LogP contribution in [0.15, 0.2) is 72.8 Å². The SMILES string of the molecule is CC(C(=O)O)c1ccc(NS(C)(=O)=O)c(F)c1.CCOC(=O)C(C)Cl.CCOC(=O)C(C)c1ccc(N)c(F)c1.CCOC(=O)C(C)c1ccc(NS(C)(=O)=O)c(F)c1.CCOC(=O)C(C)c1ccc([N+](=O)[O-])c(F)c1.